The third kappa shape index (κ3) is 13.3. The smallest absolute Gasteiger partial charge is 0.224 e. The molecule has 0 saturated carbocycles. The van der Waals surface area contributed by atoms with Crippen molar-refractivity contribution in [2.75, 3.05) is 13.2 Å². The highest BCUT2D eigenvalue weighted by molar-refractivity contribution is 5.78. The first-order valence-corrected chi connectivity index (χ1v) is 16.1. The molecule has 12 heteroatoms. The Kier molecular flexibility index (Phi) is 18.4. The normalized spacial score (nSPS) is 24.2. The Hall–Kier alpha value is -1.77. The van der Waals surface area contributed by atoms with E-state index < -0.39 is 79.7 Å². The molecule has 1 fully saturated rings. The number of ether oxygens (including phenoxy) is 2. The van der Waals surface area contributed by atoms with Gasteiger partial charge in [0.1, 0.15) is 30.5 Å². The van der Waals surface area contributed by atoms with Crippen molar-refractivity contribution in [2.24, 2.45) is 0 Å². The summed E-state index contributed by atoms with van der Waals surface area (Å²) in [6.45, 7) is 1.06. The fraction of sp³-hybridized carbons (Fsp3) is 0.781. The minimum atomic E-state index is -1.70. The Labute approximate surface area is 259 Å². The van der Waals surface area contributed by atoms with E-state index in [-0.39, 0.29) is 18.4 Å². The number of amides is 1. The maximum absolute atomic E-state index is 13.6. The molecule has 44 heavy (non-hydrogen) atoms. The number of aliphatic hydroxyl groups is 6. The lowest BCUT2D eigenvalue weighted by molar-refractivity contribution is -0.303. The minimum Gasteiger partial charge on any atom is -0.394 e. The zero-order chi connectivity index (χ0) is 32.5. The van der Waals surface area contributed by atoms with Crippen LogP contribution in [0.15, 0.2) is 18.2 Å². The zero-order valence-corrected chi connectivity index (χ0v) is 25.8. The Morgan fingerprint density at radius 3 is 2.05 bits per heavy atom. The summed E-state index contributed by atoms with van der Waals surface area (Å²) in [6.07, 6.45) is 3.16. The number of carbonyl (C=O) groups excluding carboxylic acids is 1. The highest BCUT2D eigenvalue weighted by Gasteiger charge is 2.44. The number of hydrogen-bond acceptors (Lipinski definition) is 9. The van der Waals surface area contributed by atoms with Crippen LogP contribution in [0, 0.1) is 11.6 Å². The quantitative estimate of drug-likeness (QED) is 0.0950. The third-order valence-corrected chi connectivity index (χ3v) is 8.14. The summed E-state index contributed by atoms with van der Waals surface area (Å²) in [7, 11) is 0. The maximum atomic E-state index is 13.6. The first kappa shape index (κ1) is 38.4. The summed E-state index contributed by atoms with van der Waals surface area (Å²) in [5.41, 5.74) is 0.182. The van der Waals surface area contributed by atoms with E-state index in [9.17, 15) is 44.2 Å². The molecule has 1 aromatic carbocycles. The van der Waals surface area contributed by atoms with Crippen LogP contribution in [-0.2, 0) is 20.7 Å². The molecule has 1 aliphatic heterocycles. The molecule has 1 heterocycles. The summed E-state index contributed by atoms with van der Waals surface area (Å²) in [5.74, 6) is -2.85. The van der Waals surface area contributed by atoms with Crippen molar-refractivity contribution in [2.45, 2.75) is 146 Å². The number of nitrogens with one attached hydrogen (secondary N) is 1. The Morgan fingerprint density at radius 2 is 1.48 bits per heavy atom. The molecule has 1 amide bonds. The van der Waals surface area contributed by atoms with Crippen LogP contribution in [0.5, 0.6) is 0 Å². The second-order valence-corrected chi connectivity index (χ2v) is 11.9. The second-order valence-electron chi connectivity index (χ2n) is 11.9. The lowest BCUT2D eigenvalue weighted by Gasteiger charge is -2.40. The monoisotopic (exact) mass is 633 g/mol. The van der Waals surface area contributed by atoms with Crippen LogP contribution in [0.4, 0.5) is 8.78 Å². The van der Waals surface area contributed by atoms with Gasteiger partial charge >= 0.3 is 0 Å². The van der Waals surface area contributed by atoms with Gasteiger partial charge in [-0.2, -0.15) is 0 Å². The largest absolute Gasteiger partial charge is 0.394 e. The predicted octanol–water partition coefficient (Wildman–Crippen LogP) is 2.62. The molecular formula is C32H53F2NO9. The molecule has 1 aliphatic rings. The van der Waals surface area contributed by atoms with Crippen LogP contribution in [0.3, 0.4) is 0 Å². The molecule has 254 valence electrons. The van der Waals surface area contributed by atoms with Gasteiger partial charge in [0.2, 0.25) is 5.91 Å². The fourth-order valence-corrected chi connectivity index (χ4v) is 5.36. The maximum Gasteiger partial charge on any atom is 0.224 e. The van der Waals surface area contributed by atoms with Gasteiger partial charge in [-0.05, 0) is 24.1 Å². The molecule has 1 aromatic rings. The number of benzene rings is 1. The first-order chi connectivity index (χ1) is 21.1. The van der Waals surface area contributed by atoms with Gasteiger partial charge in [0, 0.05) is 0 Å². The molecular weight excluding hydrogens is 580 g/mol. The standard InChI is InChI=1S/C32H53F2NO9/c1-2-3-4-5-6-7-8-9-10-11-12-13-14-25(37)28(39)24(35-27(38)18-21-15-16-22(33)23(34)17-21)20-43-32-31(42)30(41)29(40)26(19-36)44-32/h15-17,24-26,28-32,36-37,39-42H,2-14,18-20H2,1H3,(H,35,38)/t24-,25+,26?,28-,29-,30-,31?,32-/m0/s1. The Bertz CT molecular complexity index is 941. The van der Waals surface area contributed by atoms with Crippen molar-refractivity contribution in [1.29, 1.82) is 0 Å². The van der Waals surface area contributed by atoms with E-state index >= 15 is 0 Å². The highest BCUT2D eigenvalue weighted by Crippen LogP contribution is 2.23. The number of halogens is 2. The van der Waals surface area contributed by atoms with Gasteiger partial charge in [-0.25, -0.2) is 8.78 Å². The van der Waals surface area contributed by atoms with Gasteiger partial charge in [0.15, 0.2) is 17.9 Å². The lowest BCUT2D eigenvalue weighted by Crippen LogP contribution is -2.60. The van der Waals surface area contributed by atoms with Crippen LogP contribution < -0.4 is 5.32 Å². The van der Waals surface area contributed by atoms with Crippen molar-refractivity contribution in [1.82, 2.24) is 5.32 Å². The van der Waals surface area contributed by atoms with Gasteiger partial charge in [-0.3, -0.25) is 4.79 Å². The van der Waals surface area contributed by atoms with Crippen LogP contribution in [-0.4, -0.2) is 98.7 Å². The fourth-order valence-electron chi connectivity index (χ4n) is 5.36. The van der Waals surface area contributed by atoms with Gasteiger partial charge in [0.25, 0.3) is 0 Å². The summed E-state index contributed by atoms with van der Waals surface area (Å²) in [6, 6.07) is 1.81. The van der Waals surface area contributed by atoms with E-state index in [2.05, 4.69) is 12.2 Å². The number of unbranched alkanes of at least 4 members (excludes halogenated alkanes) is 11. The average molecular weight is 634 g/mol. The predicted molar refractivity (Wildman–Crippen MR) is 159 cm³/mol. The molecule has 0 aromatic heterocycles. The van der Waals surface area contributed by atoms with Crippen LogP contribution >= 0.6 is 0 Å². The minimum absolute atomic E-state index is 0.182. The van der Waals surface area contributed by atoms with Crippen LogP contribution in [0.2, 0.25) is 0 Å². The third-order valence-electron chi connectivity index (χ3n) is 8.14. The van der Waals surface area contributed by atoms with E-state index in [1.807, 2.05) is 0 Å². The van der Waals surface area contributed by atoms with Gasteiger partial charge in [-0.15, -0.1) is 0 Å². The van der Waals surface area contributed by atoms with Crippen molar-refractivity contribution >= 4 is 5.91 Å². The molecule has 7 N–H and O–H groups in total. The molecule has 2 unspecified atom stereocenters. The van der Waals surface area contributed by atoms with E-state index in [0.717, 1.165) is 31.4 Å². The average Bonchev–Trinajstić information content (AvgIpc) is 3.00. The Morgan fingerprint density at radius 1 is 0.886 bits per heavy atom. The summed E-state index contributed by atoms with van der Waals surface area (Å²) >= 11 is 0. The number of aliphatic hydroxyl groups excluding tert-OH is 6. The molecule has 8 atom stereocenters. The number of rotatable bonds is 22. The molecule has 0 aliphatic carbocycles. The van der Waals surface area contributed by atoms with Crippen molar-refractivity contribution < 1.29 is 53.7 Å². The lowest BCUT2D eigenvalue weighted by atomic mass is 9.98. The van der Waals surface area contributed by atoms with Crippen LogP contribution in [0.1, 0.15) is 96.0 Å². The summed E-state index contributed by atoms with van der Waals surface area (Å²) in [4.78, 5) is 12.8. The highest BCUT2D eigenvalue weighted by atomic mass is 19.2. The van der Waals surface area contributed by atoms with E-state index in [1.165, 1.54) is 57.4 Å². The number of hydrogen-bond donors (Lipinski definition) is 7. The molecule has 0 spiro atoms. The second kappa shape index (κ2) is 21.1. The molecule has 1 saturated heterocycles. The molecule has 10 nitrogen and oxygen atoms in total. The van der Waals surface area contributed by atoms with E-state index in [1.54, 1.807) is 0 Å². The van der Waals surface area contributed by atoms with Crippen molar-refractivity contribution in [3.8, 4) is 0 Å². The van der Waals surface area contributed by atoms with Crippen LogP contribution in [0.25, 0.3) is 0 Å². The van der Waals surface area contributed by atoms with Gasteiger partial charge in [0.05, 0.1) is 31.8 Å². The van der Waals surface area contributed by atoms with E-state index in [0.29, 0.717) is 6.42 Å². The first-order valence-electron chi connectivity index (χ1n) is 16.1. The molecule has 0 bridgehead atoms. The summed E-state index contributed by atoms with van der Waals surface area (Å²) < 4.78 is 37.8. The van der Waals surface area contributed by atoms with Crippen molar-refractivity contribution in [3.05, 3.63) is 35.4 Å². The van der Waals surface area contributed by atoms with E-state index in [4.69, 9.17) is 9.47 Å². The van der Waals surface area contributed by atoms with Crippen molar-refractivity contribution in [3.63, 3.8) is 0 Å². The number of carbonyl (C=O) groups is 1. The summed E-state index contributed by atoms with van der Waals surface area (Å²) in [5, 5.41) is 63.9. The SMILES string of the molecule is CCCCCCCCCCCCCC[C@@H](O)[C@@H](O)[C@H](CO[C@H]1OC(CO)[C@H](O)[C@H](O)C1O)NC(=O)Cc1ccc(F)c(F)c1. The molecule has 0 radical (unpaired) electrons. The Balaban J connectivity index is 1.88. The molecule has 2 rings (SSSR count). The van der Waals surface area contributed by atoms with Gasteiger partial charge < -0.3 is 45.4 Å². The zero-order valence-electron chi connectivity index (χ0n) is 25.8. The van der Waals surface area contributed by atoms with Gasteiger partial charge in [-0.1, -0.05) is 90.0 Å². The topological polar surface area (TPSA) is 169 Å².